The predicted molar refractivity (Wildman–Crippen MR) is 59.9 cm³/mol. The van der Waals surface area contributed by atoms with Gasteiger partial charge in [0.2, 0.25) is 5.91 Å². The van der Waals surface area contributed by atoms with Crippen LogP contribution in [-0.4, -0.2) is 19.1 Å². The van der Waals surface area contributed by atoms with Crippen molar-refractivity contribution in [3.05, 3.63) is 29.8 Å². The van der Waals surface area contributed by atoms with Crippen LogP contribution >= 0.6 is 0 Å². The largest absolute Gasteiger partial charge is 0.497 e. The average molecular weight is 218 g/mol. The molecule has 1 N–H and O–H groups in total. The molecule has 16 heavy (non-hydrogen) atoms. The number of rotatable bonds is 4. The van der Waals surface area contributed by atoms with Gasteiger partial charge in [-0.05, 0) is 17.7 Å². The van der Waals surface area contributed by atoms with Gasteiger partial charge in [-0.2, -0.15) is 5.26 Å². The molecule has 1 amide bonds. The van der Waals surface area contributed by atoms with E-state index in [-0.39, 0.29) is 5.91 Å². The lowest BCUT2D eigenvalue weighted by Crippen LogP contribution is -2.33. The fourth-order valence-electron chi connectivity index (χ4n) is 1.37. The van der Waals surface area contributed by atoms with Crippen molar-refractivity contribution >= 4 is 5.91 Å². The lowest BCUT2D eigenvalue weighted by Gasteiger charge is -2.10. The van der Waals surface area contributed by atoms with Gasteiger partial charge in [-0.25, -0.2) is 0 Å². The Bertz CT molecular complexity index is 392. The number of hydrogen-bond acceptors (Lipinski definition) is 3. The maximum Gasteiger partial charge on any atom is 0.217 e. The fourth-order valence-corrected chi connectivity index (χ4v) is 1.37. The van der Waals surface area contributed by atoms with Gasteiger partial charge in [-0.1, -0.05) is 12.1 Å². The lowest BCUT2D eigenvalue weighted by atomic mass is 10.1. The summed E-state index contributed by atoms with van der Waals surface area (Å²) in [5.74, 6) is 0.580. The number of amides is 1. The first-order valence-corrected chi connectivity index (χ1v) is 4.95. The van der Waals surface area contributed by atoms with Crippen molar-refractivity contribution in [3.8, 4) is 11.8 Å². The van der Waals surface area contributed by atoms with Gasteiger partial charge in [0.05, 0.1) is 13.2 Å². The second-order valence-electron chi connectivity index (χ2n) is 3.43. The summed E-state index contributed by atoms with van der Waals surface area (Å²) in [6.45, 7) is 1.40. The van der Waals surface area contributed by atoms with Gasteiger partial charge >= 0.3 is 0 Å². The molecule has 84 valence electrons. The molecule has 1 aromatic rings. The summed E-state index contributed by atoms with van der Waals surface area (Å²) < 4.78 is 5.03. The SMILES string of the molecule is COc1ccc(CC(C#N)NC(C)=O)cc1. The Morgan fingerprint density at radius 3 is 2.56 bits per heavy atom. The van der Waals surface area contributed by atoms with Crippen molar-refractivity contribution in [1.82, 2.24) is 5.32 Å². The third-order valence-corrected chi connectivity index (χ3v) is 2.13. The van der Waals surface area contributed by atoms with Crippen LogP contribution in [0.2, 0.25) is 0 Å². The van der Waals surface area contributed by atoms with Gasteiger partial charge in [-0.3, -0.25) is 4.79 Å². The first-order valence-electron chi connectivity index (χ1n) is 4.95. The first kappa shape index (κ1) is 12.1. The Hall–Kier alpha value is -2.02. The van der Waals surface area contributed by atoms with Crippen molar-refractivity contribution in [2.45, 2.75) is 19.4 Å². The van der Waals surface area contributed by atoms with E-state index in [0.29, 0.717) is 6.42 Å². The van der Waals surface area contributed by atoms with Crippen LogP contribution in [0, 0.1) is 11.3 Å². The lowest BCUT2D eigenvalue weighted by molar-refractivity contribution is -0.119. The topological polar surface area (TPSA) is 62.1 Å². The molecule has 0 fully saturated rings. The van der Waals surface area contributed by atoms with Gasteiger partial charge in [0.1, 0.15) is 11.8 Å². The van der Waals surface area contributed by atoms with E-state index in [1.165, 1.54) is 6.92 Å². The molecule has 0 aromatic heterocycles. The van der Waals surface area contributed by atoms with E-state index in [9.17, 15) is 4.79 Å². The Labute approximate surface area is 94.8 Å². The second kappa shape index (κ2) is 5.76. The van der Waals surface area contributed by atoms with Crippen LogP contribution in [0.4, 0.5) is 0 Å². The molecule has 1 rings (SSSR count). The predicted octanol–water partition coefficient (Wildman–Crippen LogP) is 1.27. The molecule has 0 aliphatic heterocycles. The number of ether oxygens (including phenoxy) is 1. The molecule has 4 nitrogen and oxygen atoms in total. The molecule has 0 saturated heterocycles. The number of carbonyl (C=O) groups excluding carboxylic acids is 1. The van der Waals surface area contributed by atoms with E-state index >= 15 is 0 Å². The summed E-state index contributed by atoms with van der Waals surface area (Å²) in [5.41, 5.74) is 0.987. The third kappa shape index (κ3) is 3.62. The minimum atomic E-state index is -0.481. The van der Waals surface area contributed by atoms with Crippen molar-refractivity contribution in [1.29, 1.82) is 5.26 Å². The molecule has 1 aromatic carbocycles. The van der Waals surface area contributed by atoms with Gasteiger partial charge < -0.3 is 10.1 Å². The smallest absolute Gasteiger partial charge is 0.217 e. The van der Waals surface area contributed by atoms with Gasteiger partial charge in [-0.15, -0.1) is 0 Å². The fraction of sp³-hybridized carbons (Fsp3) is 0.333. The molecular formula is C12H14N2O2. The first-order chi connectivity index (χ1) is 7.65. The summed E-state index contributed by atoms with van der Waals surface area (Å²) in [6, 6.07) is 8.99. The Morgan fingerprint density at radius 2 is 2.12 bits per heavy atom. The summed E-state index contributed by atoms with van der Waals surface area (Å²) in [6.07, 6.45) is 0.500. The van der Waals surface area contributed by atoms with Crippen molar-refractivity contribution in [3.63, 3.8) is 0 Å². The highest BCUT2D eigenvalue weighted by molar-refractivity contribution is 5.73. The zero-order valence-corrected chi connectivity index (χ0v) is 9.36. The number of nitriles is 1. The van der Waals surface area contributed by atoms with Crippen LogP contribution in [0.1, 0.15) is 12.5 Å². The van der Waals surface area contributed by atoms with Crippen LogP contribution in [-0.2, 0) is 11.2 Å². The molecule has 4 heteroatoms. The molecule has 0 spiro atoms. The average Bonchev–Trinajstić information content (AvgIpc) is 2.28. The van der Waals surface area contributed by atoms with E-state index < -0.39 is 6.04 Å². The van der Waals surface area contributed by atoms with Crippen molar-refractivity contribution in [2.75, 3.05) is 7.11 Å². The van der Waals surface area contributed by atoms with Crippen LogP contribution in [0.5, 0.6) is 5.75 Å². The number of hydrogen-bond donors (Lipinski definition) is 1. The quantitative estimate of drug-likeness (QED) is 0.827. The summed E-state index contributed by atoms with van der Waals surface area (Å²) in [5, 5.41) is 11.4. The summed E-state index contributed by atoms with van der Waals surface area (Å²) >= 11 is 0. The number of benzene rings is 1. The Balaban J connectivity index is 2.64. The third-order valence-electron chi connectivity index (χ3n) is 2.13. The minimum absolute atomic E-state index is 0.194. The molecule has 0 aliphatic rings. The highest BCUT2D eigenvalue weighted by Gasteiger charge is 2.09. The summed E-state index contributed by atoms with van der Waals surface area (Å²) in [4.78, 5) is 10.8. The van der Waals surface area contributed by atoms with E-state index in [0.717, 1.165) is 11.3 Å². The van der Waals surface area contributed by atoms with E-state index in [1.807, 2.05) is 30.3 Å². The van der Waals surface area contributed by atoms with Gasteiger partial charge in [0.15, 0.2) is 0 Å². The molecule has 0 bridgehead atoms. The van der Waals surface area contributed by atoms with E-state index in [2.05, 4.69) is 5.32 Å². The summed E-state index contributed by atoms with van der Waals surface area (Å²) in [7, 11) is 1.60. The molecule has 0 aliphatic carbocycles. The van der Waals surface area contributed by atoms with Crippen LogP contribution in [0.25, 0.3) is 0 Å². The molecular weight excluding hydrogens is 204 g/mol. The normalized spacial score (nSPS) is 11.3. The Morgan fingerprint density at radius 1 is 1.50 bits per heavy atom. The maximum absolute atomic E-state index is 10.8. The second-order valence-corrected chi connectivity index (χ2v) is 3.43. The minimum Gasteiger partial charge on any atom is -0.497 e. The molecule has 0 heterocycles. The Kier molecular flexibility index (Phi) is 4.34. The standard InChI is InChI=1S/C12H14N2O2/c1-9(15)14-11(8-13)7-10-3-5-12(16-2)6-4-10/h3-6,11H,7H2,1-2H3,(H,14,15). The van der Waals surface area contributed by atoms with Crippen LogP contribution in [0.3, 0.4) is 0 Å². The van der Waals surface area contributed by atoms with E-state index in [1.54, 1.807) is 7.11 Å². The zero-order chi connectivity index (χ0) is 12.0. The van der Waals surface area contributed by atoms with E-state index in [4.69, 9.17) is 10.00 Å². The maximum atomic E-state index is 10.8. The molecule has 0 radical (unpaired) electrons. The number of nitrogens with one attached hydrogen (secondary N) is 1. The highest BCUT2D eigenvalue weighted by atomic mass is 16.5. The monoisotopic (exact) mass is 218 g/mol. The molecule has 1 atom stereocenters. The molecule has 1 unspecified atom stereocenters. The van der Waals surface area contributed by atoms with Crippen LogP contribution < -0.4 is 10.1 Å². The van der Waals surface area contributed by atoms with Crippen molar-refractivity contribution < 1.29 is 9.53 Å². The number of carbonyl (C=O) groups is 1. The number of methoxy groups -OCH3 is 1. The van der Waals surface area contributed by atoms with Crippen molar-refractivity contribution in [2.24, 2.45) is 0 Å². The van der Waals surface area contributed by atoms with Gasteiger partial charge in [0, 0.05) is 13.3 Å². The van der Waals surface area contributed by atoms with Gasteiger partial charge in [0.25, 0.3) is 0 Å². The molecule has 0 saturated carbocycles. The zero-order valence-electron chi connectivity index (χ0n) is 9.36. The van der Waals surface area contributed by atoms with Crippen LogP contribution in [0.15, 0.2) is 24.3 Å². The number of nitrogens with zero attached hydrogens (tertiary/aromatic N) is 1. The highest BCUT2D eigenvalue weighted by Crippen LogP contribution is 2.12.